The third kappa shape index (κ3) is 23.2. The predicted octanol–water partition coefficient (Wildman–Crippen LogP) is 8.93. The van der Waals surface area contributed by atoms with Crippen molar-refractivity contribution in [3.63, 3.8) is 0 Å². The van der Waals surface area contributed by atoms with Crippen molar-refractivity contribution in [2.45, 2.75) is 142 Å². The summed E-state index contributed by atoms with van der Waals surface area (Å²) in [6.07, 6.45) is 29.5. The summed E-state index contributed by atoms with van der Waals surface area (Å²) in [7, 11) is 0. The first-order valence-electron chi connectivity index (χ1n) is 12.6. The van der Waals surface area contributed by atoms with Crippen LogP contribution in [0.1, 0.15) is 142 Å². The lowest BCUT2D eigenvalue weighted by Gasteiger charge is -2.05. The Kier molecular flexibility index (Phi) is 23.6. The first-order valence-corrected chi connectivity index (χ1v) is 12.6. The number of ether oxygens (including phenoxy) is 1. The summed E-state index contributed by atoms with van der Waals surface area (Å²) in [5.74, 6) is 0.00829. The Morgan fingerprint density at radius 2 is 1.00 bits per heavy atom. The quantitative estimate of drug-likeness (QED) is 0.104. The molecule has 0 fully saturated rings. The van der Waals surface area contributed by atoms with Gasteiger partial charge in [0, 0.05) is 6.42 Å². The molecular weight excluding hydrogens is 344 g/mol. The van der Waals surface area contributed by atoms with E-state index >= 15 is 0 Å². The van der Waals surface area contributed by atoms with Crippen molar-refractivity contribution in [1.29, 1.82) is 0 Å². The zero-order valence-electron chi connectivity index (χ0n) is 19.3. The van der Waals surface area contributed by atoms with Crippen molar-refractivity contribution in [2.75, 3.05) is 6.61 Å². The van der Waals surface area contributed by atoms with Gasteiger partial charge in [0.2, 0.25) is 0 Å². The second kappa shape index (κ2) is 24.2. The Balaban J connectivity index is 3.19. The van der Waals surface area contributed by atoms with Gasteiger partial charge in [0.25, 0.3) is 0 Å². The van der Waals surface area contributed by atoms with Crippen LogP contribution in [0.2, 0.25) is 0 Å². The Morgan fingerprint density at radius 1 is 0.571 bits per heavy atom. The van der Waals surface area contributed by atoms with Crippen LogP contribution in [0.5, 0.6) is 0 Å². The molecule has 0 rings (SSSR count). The van der Waals surface area contributed by atoms with E-state index in [2.05, 4.69) is 26.0 Å². The van der Waals surface area contributed by atoms with Gasteiger partial charge >= 0.3 is 5.97 Å². The topological polar surface area (TPSA) is 26.3 Å². The van der Waals surface area contributed by atoms with E-state index < -0.39 is 0 Å². The van der Waals surface area contributed by atoms with E-state index in [-0.39, 0.29) is 5.97 Å². The van der Waals surface area contributed by atoms with E-state index in [0.717, 1.165) is 19.3 Å². The van der Waals surface area contributed by atoms with Crippen LogP contribution < -0.4 is 0 Å². The number of carbonyl (C=O) groups is 1. The van der Waals surface area contributed by atoms with Gasteiger partial charge in [-0.3, -0.25) is 4.79 Å². The summed E-state index contributed by atoms with van der Waals surface area (Å²) >= 11 is 0. The van der Waals surface area contributed by atoms with Crippen LogP contribution in [-0.4, -0.2) is 12.6 Å². The van der Waals surface area contributed by atoms with Gasteiger partial charge in [-0.05, 0) is 38.5 Å². The van der Waals surface area contributed by atoms with E-state index in [4.69, 9.17) is 4.74 Å². The van der Waals surface area contributed by atoms with Crippen LogP contribution in [0.3, 0.4) is 0 Å². The number of hydrogen-bond acceptors (Lipinski definition) is 2. The van der Waals surface area contributed by atoms with Crippen molar-refractivity contribution in [1.82, 2.24) is 0 Å². The van der Waals surface area contributed by atoms with Crippen LogP contribution in [0.25, 0.3) is 0 Å². The van der Waals surface area contributed by atoms with Crippen LogP contribution in [-0.2, 0) is 9.53 Å². The minimum atomic E-state index is 0.00829. The first-order chi connectivity index (χ1) is 13.8. The van der Waals surface area contributed by atoms with Gasteiger partial charge in [-0.15, -0.1) is 0 Å². The van der Waals surface area contributed by atoms with Crippen LogP contribution in [0.15, 0.2) is 12.2 Å². The smallest absolute Gasteiger partial charge is 0.305 e. The molecule has 0 saturated heterocycles. The number of hydrogen-bond donors (Lipinski definition) is 0. The Bertz CT molecular complexity index is 335. The van der Waals surface area contributed by atoms with Crippen molar-refractivity contribution in [2.24, 2.45) is 0 Å². The molecule has 0 aromatic rings. The maximum atomic E-state index is 11.7. The molecule has 0 saturated carbocycles. The normalized spacial score (nSPS) is 11.4. The van der Waals surface area contributed by atoms with Gasteiger partial charge in [-0.25, -0.2) is 0 Å². The molecule has 0 aromatic carbocycles. The summed E-state index contributed by atoms with van der Waals surface area (Å²) in [6, 6.07) is 0. The second-order valence-electron chi connectivity index (χ2n) is 8.32. The fourth-order valence-corrected chi connectivity index (χ4v) is 3.48. The molecule has 0 radical (unpaired) electrons. The van der Waals surface area contributed by atoms with E-state index in [1.54, 1.807) is 0 Å². The number of allylic oxidation sites excluding steroid dienone is 2. The summed E-state index contributed by atoms with van der Waals surface area (Å²) in [4.78, 5) is 11.7. The highest BCUT2D eigenvalue weighted by molar-refractivity contribution is 5.69. The molecule has 28 heavy (non-hydrogen) atoms. The number of esters is 1. The molecule has 0 aliphatic heterocycles. The van der Waals surface area contributed by atoms with Gasteiger partial charge in [0.1, 0.15) is 0 Å². The Labute approximate surface area is 176 Å². The minimum absolute atomic E-state index is 0.00829. The molecule has 0 N–H and O–H groups in total. The summed E-state index contributed by atoms with van der Waals surface area (Å²) in [6.45, 7) is 5.14. The molecule has 0 atom stereocenters. The average molecular weight is 395 g/mol. The number of rotatable bonds is 22. The highest BCUT2D eigenvalue weighted by atomic mass is 16.5. The lowest BCUT2D eigenvalue weighted by atomic mass is 10.1. The zero-order chi connectivity index (χ0) is 20.5. The molecule has 2 heteroatoms. The van der Waals surface area contributed by atoms with Crippen LogP contribution >= 0.6 is 0 Å². The van der Waals surface area contributed by atoms with Gasteiger partial charge in [0.05, 0.1) is 6.61 Å². The predicted molar refractivity (Wildman–Crippen MR) is 124 cm³/mol. The fourth-order valence-electron chi connectivity index (χ4n) is 3.48. The molecule has 0 spiro atoms. The highest BCUT2D eigenvalue weighted by Crippen LogP contribution is 2.11. The van der Waals surface area contributed by atoms with Gasteiger partial charge in [0.15, 0.2) is 0 Å². The zero-order valence-corrected chi connectivity index (χ0v) is 19.3. The molecule has 0 bridgehead atoms. The fraction of sp³-hybridized carbons (Fsp3) is 0.885. The Hall–Kier alpha value is -0.790. The second-order valence-corrected chi connectivity index (χ2v) is 8.32. The average Bonchev–Trinajstić information content (AvgIpc) is 2.70. The van der Waals surface area contributed by atoms with Gasteiger partial charge in [-0.1, -0.05) is 109 Å². The molecule has 0 heterocycles. The third-order valence-electron chi connectivity index (χ3n) is 5.40. The molecule has 2 nitrogen and oxygen atoms in total. The lowest BCUT2D eigenvalue weighted by molar-refractivity contribution is -0.143. The van der Waals surface area contributed by atoms with Gasteiger partial charge < -0.3 is 4.74 Å². The minimum Gasteiger partial charge on any atom is -0.466 e. The molecule has 0 unspecified atom stereocenters. The van der Waals surface area contributed by atoms with Gasteiger partial charge in [-0.2, -0.15) is 0 Å². The van der Waals surface area contributed by atoms with E-state index in [1.807, 2.05) is 0 Å². The van der Waals surface area contributed by atoms with Crippen molar-refractivity contribution in [3.05, 3.63) is 12.2 Å². The SMILES string of the molecule is CCCCCCC=CCCCCCCCC(=O)OCCCCCCCCCC. The number of unbranched alkanes of at least 4 members (excludes halogenated alkanes) is 16. The highest BCUT2D eigenvalue weighted by Gasteiger charge is 2.02. The molecule has 0 amide bonds. The standard InChI is InChI=1S/C26H50O2/c1-3-5-7-9-11-13-14-15-16-17-18-20-22-24-26(27)28-25-23-21-19-12-10-8-6-4-2/h13-14H,3-12,15-25H2,1-2H3. The molecule has 0 aliphatic carbocycles. The summed E-state index contributed by atoms with van der Waals surface area (Å²) in [5.41, 5.74) is 0. The van der Waals surface area contributed by atoms with Crippen LogP contribution in [0.4, 0.5) is 0 Å². The summed E-state index contributed by atoms with van der Waals surface area (Å²) in [5, 5.41) is 0. The monoisotopic (exact) mass is 394 g/mol. The molecule has 166 valence electrons. The maximum absolute atomic E-state index is 11.7. The Morgan fingerprint density at radius 3 is 1.57 bits per heavy atom. The van der Waals surface area contributed by atoms with E-state index in [1.165, 1.54) is 103 Å². The maximum Gasteiger partial charge on any atom is 0.305 e. The first kappa shape index (κ1) is 27.2. The van der Waals surface area contributed by atoms with Crippen molar-refractivity contribution in [3.8, 4) is 0 Å². The third-order valence-corrected chi connectivity index (χ3v) is 5.40. The molecular formula is C26H50O2. The largest absolute Gasteiger partial charge is 0.466 e. The van der Waals surface area contributed by atoms with E-state index in [9.17, 15) is 4.79 Å². The summed E-state index contributed by atoms with van der Waals surface area (Å²) < 4.78 is 5.35. The van der Waals surface area contributed by atoms with Crippen molar-refractivity contribution < 1.29 is 9.53 Å². The van der Waals surface area contributed by atoms with Crippen LogP contribution in [0, 0.1) is 0 Å². The molecule has 0 aliphatic rings. The number of carbonyl (C=O) groups excluding carboxylic acids is 1. The van der Waals surface area contributed by atoms with Crippen molar-refractivity contribution >= 4 is 5.97 Å². The molecule has 0 aromatic heterocycles. The lowest BCUT2D eigenvalue weighted by Crippen LogP contribution is -2.05. The van der Waals surface area contributed by atoms with E-state index in [0.29, 0.717) is 13.0 Å².